The van der Waals surface area contributed by atoms with Crippen molar-refractivity contribution in [1.82, 2.24) is 14.9 Å². The molecule has 3 rings (SSSR count). The van der Waals surface area contributed by atoms with Crippen molar-refractivity contribution < 1.29 is 4.74 Å². The molecule has 1 aromatic heterocycles. The Morgan fingerprint density at radius 1 is 1.25 bits per heavy atom. The van der Waals surface area contributed by atoms with Gasteiger partial charge in [-0.2, -0.15) is 14.9 Å². The SMILES string of the molecule is COc1ccc(Cc2n[nH]c(=S)n2/N=C\c2cccc(C)c2)cc1. The number of H-pyrrole nitrogens is 1. The van der Waals surface area contributed by atoms with Gasteiger partial charge in [0.25, 0.3) is 0 Å². The molecular formula is C18H18N4OS. The van der Waals surface area contributed by atoms with Crippen LogP contribution < -0.4 is 4.74 Å². The number of methoxy groups -OCH3 is 1. The minimum absolute atomic E-state index is 0.474. The van der Waals surface area contributed by atoms with Crippen LogP contribution in [0, 0.1) is 11.7 Å². The second-order valence-electron chi connectivity index (χ2n) is 5.44. The van der Waals surface area contributed by atoms with Crippen LogP contribution in [0.1, 0.15) is 22.5 Å². The van der Waals surface area contributed by atoms with Crippen LogP contribution in [0.15, 0.2) is 53.6 Å². The summed E-state index contributed by atoms with van der Waals surface area (Å²) in [7, 11) is 1.65. The highest BCUT2D eigenvalue weighted by Crippen LogP contribution is 2.14. The quantitative estimate of drug-likeness (QED) is 0.570. The Morgan fingerprint density at radius 3 is 2.75 bits per heavy atom. The lowest BCUT2D eigenvalue weighted by atomic mass is 10.1. The van der Waals surface area contributed by atoms with Crippen LogP contribution in [0.25, 0.3) is 0 Å². The van der Waals surface area contributed by atoms with Crippen molar-refractivity contribution in [2.45, 2.75) is 13.3 Å². The van der Waals surface area contributed by atoms with Crippen molar-refractivity contribution >= 4 is 18.4 Å². The molecule has 5 nitrogen and oxygen atoms in total. The maximum atomic E-state index is 5.28. The van der Waals surface area contributed by atoms with Gasteiger partial charge in [-0.05, 0) is 42.4 Å². The van der Waals surface area contributed by atoms with Crippen LogP contribution in [0.5, 0.6) is 5.75 Å². The minimum atomic E-state index is 0.474. The van der Waals surface area contributed by atoms with Crippen LogP contribution >= 0.6 is 12.2 Å². The lowest BCUT2D eigenvalue weighted by Gasteiger charge is -2.03. The molecule has 6 heteroatoms. The van der Waals surface area contributed by atoms with Crippen molar-refractivity contribution in [3.8, 4) is 5.75 Å². The van der Waals surface area contributed by atoms with Crippen LogP contribution in [-0.4, -0.2) is 28.2 Å². The van der Waals surface area contributed by atoms with Gasteiger partial charge >= 0.3 is 0 Å². The first-order valence-electron chi connectivity index (χ1n) is 7.56. The van der Waals surface area contributed by atoms with Gasteiger partial charge in [-0.3, -0.25) is 5.10 Å². The molecule has 0 spiro atoms. The molecule has 0 fully saturated rings. The zero-order valence-electron chi connectivity index (χ0n) is 13.6. The summed E-state index contributed by atoms with van der Waals surface area (Å²) in [6.07, 6.45) is 2.41. The van der Waals surface area contributed by atoms with Crippen molar-refractivity contribution in [1.29, 1.82) is 0 Å². The fraction of sp³-hybridized carbons (Fsp3) is 0.167. The number of rotatable bonds is 5. The number of nitrogens with one attached hydrogen (secondary N) is 1. The monoisotopic (exact) mass is 338 g/mol. The Morgan fingerprint density at radius 2 is 2.04 bits per heavy atom. The number of benzene rings is 2. The molecule has 0 radical (unpaired) electrons. The number of aromatic amines is 1. The normalized spacial score (nSPS) is 11.1. The third-order valence-electron chi connectivity index (χ3n) is 3.60. The summed E-state index contributed by atoms with van der Waals surface area (Å²) in [6.45, 7) is 2.05. The van der Waals surface area contributed by atoms with E-state index < -0.39 is 0 Å². The van der Waals surface area contributed by atoms with Crippen molar-refractivity contribution in [3.63, 3.8) is 0 Å². The highest BCUT2D eigenvalue weighted by atomic mass is 32.1. The van der Waals surface area contributed by atoms with Gasteiger partial charge in [0.2, 0.25) is 4.77 Å². The van der Waals surface area contributed by atoms with E-state index in [0.29, 0.717) is 11.2 Å². The lowest BCUT2D eigenvalue weighted by molar-refractivity contribution is 0.414. The zero-order valence-corrected chi connectivity index (χ0v) is 14.4. The standard InChI is InChI=1S/C18H18N4OS/c1-13-4-3-5-15(10-13)12-19-22-17(20-21-18(22)24)11-14-6-8-16(23-2)9-7-14/h3-10,12H,11H2,1-2H3,(H,21,24)/b19-12-. The van der Waals surface area contributed by atoms with E-state index in [0.717, 1.165) is 22.7 Å². The molecule has 122 valence electrons. The van der Waals surface area contributed by atoms with Crippen LogP contribution in [0.2, 0.25) is 0 Å². The smallest absolute Gasteiger partial charge is 0.216 e. The van der Waals surface area contributed by atoms with E-state index >= 15 is 0 Å². The Labute approximate surface area is 145 Å². The highest BCUT2D eigenvalue weighted by Gasteiger charge is 2.06. The summed E-state index contributed by atoms with van der Waals surface area (Å²) in [6, 6.07) is 16.0. The highest BCUT2D eigenvalue weighted by molar-refractivity contribution is 7.71. The van der Waals surface area contributed by atoms with Gasteiger partial charge in [0.05, 0.1) is 13.3 Å². The summed E-state index contributed by atoms with van der Waals surface area (Å²) in [4.78, 5) is 0. The number of hydrogen-bond acceptors (Lipinski definition) is 4. The van der Waals surface area contributed by atoms with E-state index in [1.807, 2.05) is 36.4 Å². The molecule has 1 N–H and O–H groups in total. The van der Waals surface area contributed by atoms with Gasteiger partial charge in [-0.25, -0.2) is 0 Å². The topological polar surface area (TPSA) is 55.2 Å². The third kappa shape index (κ3) is 3.78. The minimum Gasteiger partial charge on any atom is -0.497 e. The summed E-state index contributed by atoms with van der Waals surface area (Å²) in [5, 5.41) is 11.6. The van der Waals surface area contributed by atoms with Gasteiger partial charge in [0, 0.05) is 6.42 Å². The molecule has 0 saturated heterocycles. The molecular weight excluding hydrogens is 320 g/mol. The third-order valence-corrected chi connectivity index (χ3v) is 3.87. The van der Waals surface area contributed by atoms with Crippen molar-refractivity contribution in [3.05, 3.63) is 75.8 Å². The Kier molecular flexibility index (Phi) is 4.86. The predicted molar refractivity (Wildman–Crippen MR) is 97.4 cm³/mol. The fourth-order valence-electron chi connectivity index (χ4n) is 2.36. The second-order valence-corrected chi connectivity index (χ2v) is 5.83. The largest absolute Gasteiger partial charge is 0.497 e. The number of aromatic nitrogens is 3. The first-order chi connectivity index (χ1) is 11.7. The molecule has 0 bridgehead atoms. The first-order valence-corrected chi connectivity index (χ1v) is 7.97. The molecule has 0 aliphatic heterocycles. The van der Waals surface area contributed by atoms with E-state index in [-0.39, 0.29) is 0 Å². The van der Waals surface area contributed by atoms with Gasteiger partial charge in [0.1, 0.15) is 5.75 Å². The predicted octanol–water partition coefficient (Wildman–Crippen LogP) is 3.73. The summed E-state index contributed by atoms with van der Waals surface area (Å²) >= 11 is 5.28. The number of aryl methyl sites for hydroxylation is 1. The molecule has 0 atom stereocenters. The fourth-order valence-corrected chi connectivity index (χ4v) is 2.56. The average Bonchev–Trinajstić information content (AvgIpc) is 2.93. The zero-order chi connectivity index (χ0) is 16.9. The molecule has 0 aliphatic carbocycles. The lowest BCUT2D eigenvalue weighted by Crippen LogP contribution is -2.00. The van der Waals surface area contributed by atoms with E-state index in [2.05, 4.69) is 34.4 Å². The number of nitrogens with zero attached hydrogens (tertiary/aromatic N) is 3. The molecule has 1 heterocycles. The summed E-state index contributed by atoms with van der Waals surface area (Å²) in [5.41, 5.74) is 3.32. The summed E-state index contributed by atoms with van der Waals surface area (Å²) < 4.78 is 7.31. The van der Waals surface area contributed by atoms with E-state index in [1.54, 1.807) is 18.0 Å². The van der Waals surface area contributed by atoms with Gasteiger partial charge < -0.3 is 4.74 Å². The van der Waals surface area contributed by atoms with E-state index in [1.165, 1.54) is 5.56 Å². The number of ether oxygens (including phenoxy) is 1. The van der Waals surface area contributed by atoms with Gasteiger partial charge in [-0.1, -0.05) is 42.0 Å². The molecule has 0 aliphatic rings. The molecule has 0 amide bonds. The van der Waals surface area contributed by atoms with Crippen molar-refractivity contribution in [2.75, 3.05) is 7.11 Å². The molecule has 0 unspecified atom stereocenters. The van der Waals surface area contributed by atoms with Crippen LogP contribution in [0.3, 0.4) is 0 Å². The Bertz CT molecular complexity index is 909. The maximum Gasteiger partial charge on any atom is 0.216 e. The van der Waals surface area contributed by atoms with Crippen LogP contribution in [-0.2, 0) is 6.42 Å². The Hall–Kier alpha value is -2.73. The van der Waals surface area contributed by atoms with E-state index in [9.17, 15) is 0 Å². The molecule has 0 saturated carbocycles. The van der Waals surface area contributed by atoms with Crippen LogP contribution in [0.4, 0.5) is 0 Å². The average molecular weight is 338 g/mol. The molecule has 24 heavy (non-hydrogen) atoms. The molecule has 2 aromatic carbocycles. The molecule has 3 aromatic rings. The maximum absolute atomic E-state index is 5.28. The van der Waals surface area contributed by atoms with Gasteiger partial charge in [0.15, 0.2) is 5.82 Å². The first kappa shape index (κ1) is 16.1. The summed E-state index contributed by atoms with van der Waals surface area (Å²) in [5.74, 6) is 1.59. The number of hydrogen-bond donors (Lipinski definition) is 1. The van der Waals surface area contributed by atoms with E-state index in [4.69, 9.17) is 17.0 Å². The van der Waals surface area contributed by atoms with Gasteiger partial charge in [-0.15, -0.1) is 0 Å². The second kappa shape index (κ2) is 7.23. The van der Waals surface area contributed by atoms with Crippen molar-refractivity contribution in [2.24, 2.45) is 5.10 Å². The Balaban J connectivity index is 1.84.